The van der Waals surface area contributed by atoms with Crippen LogP contribution in [0.15, 0.2) is 72.3 Å². The highest BCUT2D eigenvalue weighted by molar-refractivity contribution is 6.51. The molecule has 1 aliphatic heterocycles. The van der Waals surface area contributed by atoms with E-state index < -0.39 is 23.5 Å². The van der Waals surface area contributed by atoms with Gasteiger partial charge in [0.2, 0.25) is 0 Å². The molecule has 0 bridgehead atoms. The molecule has 3 aromatic carbocycles. The number of aryl methyl sites for hydroxylation is 1. The summed E-state index contributed by atoms with van der Waals surface area (Å²) in [5, 5.41) is 11.1. The lowest BCUT2D eigenvalue weighted by molar-refractivity contribution is -0.132. The van der Waals surface area contributed by atoms with E-state index in [0.29, 0.717) is 29.4 Å². The number of aliphatic hydroxyl groups is 1. The highest BCUT2D eigenvalue weighted by Crippen LogP contribution is 2.43. The summed E-state index contributed by atoms with van der Waals surface area (Å²) in [6, 6.07) is 17.1. The van der Waals surface area contributed by atoms with Gasteiger partial charge in [-0.15, -0.1) is 0 Å². The first-order valence-corrected chi connectivity index (χ1v) is 12.2. The van der Waals surface area contributed by atoms with E-state index in [4.69, 9.17) is 16.3 Å². The van der Waals surface area contributed by atoms with Crippen LogP contribution in [0, 0.1) is 11.7 Å². The summed E-state index contributed by atoms with van der Waals surface area (Å²) in [6.07, 6.45) is 0.819. The number of aliphatic hydroxyl groups excluding tert-OH is 1. The van der Waals surface area contributed by atoms with Crippen molar-refractivity contribution in [3.63, 3.8) is 0 Å². The molecule has 1 unspecified atom stereocenters. The lowest BCUT2D eigenvalue weighted by atomic mass is 9.94. The van der Waals surface area contributed by atoms with Gasteiger partial charge in [0, 0.05) is 11.3 Å². The number of Topliss-reactive ketones (excluding diaryl/α,β-unsaturated/α-hetero) is 1. The van der Waals surface area contributed by atoms with Gasteiger partial charge in [0.15, 0.2) is 0 Å². The molecule has 0 radical (unpaired) electrons. The third-order valence-corrected chi connectivity index (χ3v) is 6.33. The number of halogens is 2. The number of nitrogens with zero attached hydrogens (tertiary/aromatic N) is 1. The number of hydrogen-bond donors (Lipinski definition) is 1. The standard InChI is InChI=1S/C29H27ClFNO4/c1-4-18-5-7-19(8-6-18)26-25(27(33)20-9-12-22(13-10-20)36-16-17(2)3)28(34)29(35)32(26)21-11-14-24(31)23(30)15-21/h5-15,17,26,33H,4,16H2,1-3H3/b27-25+. The third kappa shape index (κ3) is 5.00. The first-order valence-electron chi connectivity index (χ1n) is 11.8. The Morgan fingerprint density at radius 1 is 1.06 bits per heavy atom. The van der Waals surface area contributed by atoms with Crippen LogP contribution in [0.1, 0.15) is 43.5 Å². The van der Waals surface area contributed by atoms with Crippen molar-refractivity contribution in [2.24, 2.45) is 5.92 Å². The molecule has 5 nitrogen and oxygen atoms in total. The Bertz CT molecular complexity index is 1320. The first-order chi connectivity index (χ1) is 17.2. The molecule has 1 heterocycles. The average Bonchev–Trinajstić information content (AvgIpc) is 3.14. The highest BCUT2D eigenvalue weighted by Gasteiger charge is 2.47. The SMILES string of the molecule is CCc1ccc(C2/C(=C(\O)c3ccc(OCC(C)C)cc3)C(=O)C(=O)N2c2ccc(F)c(Cl)c2)cc1. The second-order valence-electron chi connectivity index (χ2n) is 9.09. The number of anilines is 1. The molecule has 0 aromatic heterocycles. The molecule has 0 saturated carbocycles. The number of carbonyl (C=O) groups excluding carboxylic acids is 2. The monoisotopic (exact) mass is 507 g/mol. The maximum atomic E-state index is 13.9. The van der Waals surface area contributed by atoms with Crippen molar-refractivity contribution in [1.82, 2.24) is 0 Å². The molecule has 7 heteroatoms. The van der Waals surface area contributed by atoms with Crippen LogP contribution >= 0.6 is 11.6 Å². The quantitative estimate of drug-likeness (QED) is 0.219. The van der Waals surface area contributed by atoms with Gasteiger partial charge in [-0.3, -0.25) is 14.5 Å². The lowest BCUT2D eigenvalue weighted by Gasteiger charge is -2.26. The Hall–Kier alpha value is -3.64. The van der Waals surface area contributed by atoms with Crippen molar-refractivity contribution < 1.29 is 23.8 Å². The highest BCUT2D eigenvalue weighted by atomic mass is 35.5. The zero-order chi connectivity index (χ0) is 26.0. The van der Waals surface area contributed by atoms with Gasteiger partial charge in [0.05, 0.1) is 23.2 Å². The van der Waals surface area contributed by atoms with Gasteiger partial charge < -0.3 is 9.84 Å². The van der Waals surface area contributed by atoms with E-state index in [1.165, 1.54) is 17.0 Å². The van der Waals surface area contributed by atoms with E-state index in [-0.39, 0.29) is 22.0 Å². The Balaban J connectivity index is 1.83. The number of amides is 1. The second kappa shape index (κ2) is 10.5. The van der Waals surface area contributed by atoms with Crippen molar-refractivity contribution in [3.05, 3.63) is 99.8 Å². The molecule has 1 amide bonds. The van der Waals surface area contributed by atoms with Crippen LogP contribution in [0.3, 0.4) is 0 Å². The van der Waals surface area contributed by atoms with E-state index in [9.17, 15) is 19.1 Å². The molecule has 0 aliphatic carbocycles. The predicted octanol–water partition coefficient (Wildman–Crippen LogP) is 6.70. The fourth-order valence-electron chi connectivity index (χ4n) is 4.11. The topological polar surface area (TPSA) is 66.8 Å². The number of ether oxygens (including phenoxy) is 1. The molecular weight excluding hydrogens is 481 g/mol. The Morgan fingerprint density at radius 2 is 1.72 bits per heavy atom. The largest absolute Gasteiger partial charge is 0.507 e. The van der Waals surface area contributed by atoms with Crippen molar-refractivity contribution in [3.8, 4) is 5.75 Å². The maximum absolute atomic E-state index is 13.9. The van der Waals surface area contributed by atoms with E-state index in [0.717, 1.165) is 18.1 Å². The molecule has 3 aromatic rings. The zero-order valence-electron chi connectivity index (χ0n) is 20.3. The van der Waals surface area contributed by atoms with Crippen LogP contribution in [-0.4, -0.2) is 23.4 Å². The fraction of sp³-hybridized carbons (Fsp3) is 0.241. The van der Waals surface area contributed by atoms with Crippen molar-refractivity contribution in [1.29, 1.82) is 0 Å². The lowest BCUT2D eigenvalue weighted by Crippen LogP contribution is -2.29. The van der Waals surface area contributed by atoms with Crippen LogP contribution in [0.2, 0.25) is 5.02 Å². The van der Waals surface area contributed by atoms with Gasteiger partial charge in [-0.1, -0.05) is 56.6 Å². The number of carbonyl (C=O) groups is 2. The van der Waals surface area contributed by atoms with Crippen LogP contribution in [0.25, 0.3) is 5.76 Å². The van der Waals surface area contributed by atoms with Crippen molar-refractivity contribution >= 4 is 34.7 Å². The smallest absolute Gasteiger partial charge is 0.300 e. The van der Waals surface area contributed by atoms with E-state index in [1.54, 1.807) is 24.3 Å². The fourth-order valence-corrected chi connectivity index (χ4v) is 4.29. The van der Waals surface area contributed by atoms with Crippen molar-refractivity contribution in [2.75, 3.05) is 11.5 Å². The third-order valence-electron chi connectivity index (χ3n) is 6.04. The molecule has 1 atom stereocenters. The van der Waals surface area contributed by atoms with Crippen LogP contribution in [0.4, 0.5) is 10.1 Å². The summed E-state index contributed by atoms with van der Waals surface area (Å²) in [5.74, 6) is -1.62. The second-order valence-corrected chi connectivity index (χ2v) is 9.50. The van der Waals surface area contributed by atoms with Crippen LogP contribution in [-0.2, 0) is 16.0 Å². The molecule has 36 heavy (non-hydrogen) atoms. The summed E-state index contributed by atoms with van der Waals surface area (Å²) in [6.45, 7) is 6.65. The molecular formula is C29H27ClFNO4. The maximum Gasteiger partial charge on any atom is 0.300 e. The number of benzene rings is 3. The van der Waals surface area contributed by atoms with E-state index >= 15 is 0 Å². The molecule has 1 N–H and O–H groups in total. The first kappa shape index (κ1) is 25.5. The summed E-state index contributed by atoms with van der Waals surface area (Å²) in [5.41, 5.74) is 2.28. The molecule has 1 saturated heterocycles. The van der Waals surface area contributed by atoms with Crippen LogP contribution in [0.5, 0.6) is 5.75 Å². The number of ketones is 1. The van der Waals surface area contributed by atoms with Gasteiger partial charge in [-0.2, -0.15) is 0 Å². The minimum Gasteiger partial charge on any atom is -0.507 e. The Labute approximate surface area is 214 Å². The van der Waals surface area contributed by atoms with Crippen molar-refractivity contribution in [2.45, 2.75) is 33.2 Å². The molecule has 186 valence electrons. The Morgan fingerprint density at radius 3 is 2.31 bits per heavy atom. The van der Waals surface area contributed by atoms with Gasteiger partial charge in [0.25, 0.3) is 11.7 Å². The summed E-state index contributed by atoms with van der Waals surface area (Å²) < 4.78 is 19.6. The Kier molecular flexibility index (Phi) is 7.45. The molecule has 0 spiro atoms. The average molecular weight is 508 g/mol. The molecule has 1 fully saturated rings. The van der Waals surface area contributed by atoms with Gasteiger partial charge in [0.1, 0.15) is 17.3 Å². The number of rotatable bonds is 7. The van der Waals surface area contributed by atoms with Gasteiger partial charge in [-0.25, -0.2) is 4.39 Å². The van der Waals surface area contributed by atoms with Crippen LogP contribution < -0.4 is 9.64 Å². The summed E-state index contributed by atoms with van der Waals surface area (Å²) >= 11 is 5.99. The minimum absolute atomic E-state index is 0.0551. The predicted molar refractivity (Wildman–Crippen MR) is 139 cm³/mol. The van der Waals surface area contributed by atoms with E-state index in [1.807, 2.05) is 45.0 Å². The molecule has 1 aliphatic rings. The van der Waals surface area contributed by atoms with E-state index in [2.05, 4.69) is 0 Å². The number of hydrogen-bond acceptors (Lipinski definition) is 4. The zero-order valence-corrected chi connectivity index (χ0v) is 21.1. The summed E-state index contributed by atoms with van der Waals surface area (Å²) in [7, 11) is 0. The minimum atomic E-state index is -0.922. The normalized spacial score (nSPS) is 17.2. The van der Waals surface area contributed by atoms with Gasteiger partial charge in [-0.05, 0) is 65.9 Å². The summed E-state index contributed by atoms with van der Waals surface area (Å²) in [4.78, 5) is 27.7. The van der Waals surface area contributed by atoms with Gasteiger partial charge >= 0.3 is 0 Å². The molecule has 4 rings (SSSR count).